The number of amides is 1. The molecule has 3 N–H and O–H groups in total. The summed E-state index contributed by atoms with van der Waals surface area (Å²) in [5, 5.41) is 2.81. The first-order valence-corrected chi connectivity index (χ1v) is 6.76. The molecule has 4 heteroatoms. The monoisotopic (exact) mass is 242 g/mol. The van der Waals surface area contributed by atoms with Crippen molar-refractivity contribution in [3.05, 3.63) is 0 Å². The van der Waals surface area contributed by atoms with Crippen LogP contribution in [0.15, 0.2) is 0 Å². The molecule has 1 aliphatic carbocycles. The van der Waals surface area contributed by atoms with Crippen molar-refractivity contribution in [1.82, 2.24) is 5.32 Å². The summed E-state index contributed by atoms with van der Waals surface area (Å²) >= 11 is 0. The van der Waals surface area contributed by atoms with Gasteiger partial charge in [0.25, 0.3) is 0 Å². The van der Waals surface area contributed by atoms with E-state index in [9.17, 15) is 4.79 Å². The van der Waals surface area contributed by atoms with Crippen molar-refractivity contribution in [1.29, 1.82) is 0 Å². The molecule has 1 atom stereocenters. The van der Waals surface area contributed by atoms with Crippen LogP contribution in [0.5, 0.6) is 0 Å². The minimum absolute atomic E-state index is 0.0766. The molecule has 1 amide bonds. The first-order chi connectivity index (χ1) is 8.11. The molecule has 0 aromatic carbocycles. The summed E-state index contributed by atoms with van der Waals surface area (Å²) in [7, 11) is 0. The van der Waals surface area contributed by atoms with Crippen molar-refractivity contribution in [2.45, 2.75) is 58.1 Å². The third-order valence-corrected chi connectivity index (χ3v) is 3.33. The van der Waals surface area contributed by atoms with Crippen LogP contribution in [0.25, 0.3) is 0 Å². The predicted molar refractivity (Wildman–Crippen MR) is 68.6 cm³/mol. The summed E-state index contributed by atoms with van der Waals surface area (Å²) in [4.78, 5) is 11.5. The second kappa shape index (κ2) is 7.67. The zero-order valence-electron chi connectivity index (χ0n) is 11.1. The van der Waals surface area contributed by atoms with E-state index >= 15 is 0 Å². The van der Waals surface area contributed by atoms with E-state index < -0.39 is 6.04 Å². The number of carbonyl (C=O) groups excluding carboxylic acids is 1. The lowest BCUT2D eigenvalue weighted by Crippen LogP contribution is -2.45. The lowest BCUT2D eigenvalue weighted by molar-refractivity contribution is -0.123. The van der Waals surface area contributed by atoms with Gasteiger partial charge in [0, 0.05) is 6.54 Å². The summed E-state index contributed by atoms with van der Waals surface area (Å²) in [5.74, 6) is 0.0986. The van der Waals surface area contributed by atoms with Gasteiger partial charge in [0.05, 0.1) is 18.8 Å². The van der Waals surface area contributed by atoms with Crippen LogP contribution in [0.2, 0.25) is 0 Å². The lowest BCUT2D eigenvalue weighted by atomic mass is 9.98. The Labute approximate surface area is 104 Å². The molecule has 1 fully saturated rings. The first-order valence-electron chi connectivity index (χ1n) is 6.76. The lowest BCUT2D eigenvalue weighted by Gasteiger charge is -2.22. The fourth-order valence-corrected chi connectivity index (χ4v) is 2.05. The quantitative estimate of drug-likeness (QED) is 0.693. The number of carbonyl (C=O) groups is 1. The van der Waals surface area contributed by atoms with Crippen LogP contribution in [0.4, 0.5) is 0 Å². The second-order valence-electron chi connectivity index (χ2n) is 5.19. The molecule has 0 aromatic heterocycles. The van der Waals surface area contributed by atoms with Gasteiger partial charge in [-0.25, -0.2) is 0 Å². The van der Waals surface area contributed by atoms with Gasteiger partial charge < -0.3 is 15.8 Å². The summed E-state index contributed by atoms with van der Waals surface area (Å²) < 4.78 is 5.72. The maximum Gasteiger partial charge on any atom is 0.237 e. The van der Waals surface area contributed by atoms with Crippen LogP contribution in [0, 0.1) is 5.92 Å². The largest absolute Gasteiger partial charge is 0.376 e. The molecule has 0 heterocycles. The molecule has 0 saturated heterocycles. The third kappa shape index (κ3) is 5.50. The average molecular weight is 242 g/mol. The van der Waals surface area contributed by atoms with Crippen LogP contribution < -0.4 is 11.1 Å². The van der Waals surface area contributed by atoms with E-state index in [1.54, 1.807) is 0 Å². The fourth-order valence-electron chi connectivity index (χ4n) is 2.05. The first kappa shape index (κ1) is 14.5. The fraction of sp³-hybridized carbons (Fsp3) is 0.923. The van der Waals surface area contributed by atoms with E-state index in [2.05, 4.69) is 5.32 Å². The number of nitrogens with two attached hydrogens (primary N) is 1. The standard InChI is InChI=1S/C13H26N2O2/c1-10(2)12(14)13(16)15-8-9-17-11-6-4-3-5-7-11/h10-12H,3-9,14H2,1-2H3,(H,15,16)/t12-/m0/s1. The topological polar surface area (TPSA) is 64.4 Å². The van der Waals surface area contributed by atoms with Gasteiger partial charge in [0.15, 0.2) is 0 Å². The molecule has 4 nitrogen and oxygen atoms in total. The van der Waals surface area contributed by atoms with Gasteiger partial charge in [-0.1, -0.05) is 33.1 Å². The van der Waals surface area contributed by atoms with Crippen molar-refractivity contribution in [3.63, 3.8) is 0 Å². The van der Waals surface area contributed by atoms with E-state index in [1.165, 1.54) is 32.1 Å². The third-order valence-electron chi connectivity index (χ3n) is 3.33. The van der Waals surface area contributed by atoms with E-state index in [1.807, 2.05) is 13.8 Å². The minimum atomic E-state index is -0.412. The van der Waals surface area contributed by atoms with Gasteiger partial charge >= 0.3 is 0 Å². The summed E-state index contributed by atoms with van der Waals surface area (Å²) in [6, 6.07) is -0.412. The molecule has 17 heavy (non-hydrogen) atoms. The molecule has 0 spiro atoms. The smallest absolute Gasteiger partial charge is 0.237 e. The zero-order valence-corrected chi connectivity index (χ0v) is 11.1. The van der Waals surface area contributed by atoms with Gasteiger partial charge in [-0.05, 0) is 18.8 Å². The Morgan fingerprint density at radius 3 is 2.59 bits per heavy atom. The Balaban J connectivity index is 2.05. The number of rotatable bonds is 6. The maximum atomic E-state index is 11.5. The maximum absolute atomic E-state index is 11.5. The molecule has 0 bridgehead atoms. The molecule has 1 rings (SSSR count). The molecule has 0 radical (unpaired) electrons. The van der Waals surface area contributed by atoms with Crippen LogP contribution in [0.1, 0.15) is 46.0 Å². The van der Waals surface area contributed by atoms with Crippen molar-refractivity contribution in [2.75, 3.05) is 13.2 Å². The molecular formula is C13H26N2O2. The average Bonchev–Trinajstić information content (AvgIpc) is 2.34. The molecular weight excluding hydrogens is 216 g/mol. The van der Waals surface area contributed by atoms with Gasteiger partial charge in [-0.3, -0.25) is 4.79 Å². The normalized spacial score (nSPS) is 19.3. The molecule has 1 saturated carbocycles. The zero-order chi connectivity index (χ0) is 12.7. The van der Waals surface area contributed by atoms with Crippen molar-refractivity contribution < 1.29 is 9.53 Å². The highest BCUT2D eigenvalue weighted by atomic mass is 16.5. The summed E-state index contributed by atoms with van der Waals surface area (Å²) in [6.45, 7) is 5.06. The summed E-state index contributed by atoms with van der Waals surface area (Å²) in [6.07, 6.45) is 6.61. The van der Waals surface area contributed by atoms with Crippen LogP contribution in [0.3, 0.4) is 0 Å². The number of hydrogen-bond acceptors (Lipinski definition) is 3. The minimum Gasteiger partial charge on any atom is -0.376 e. The molecule has 0 aliphatic heterocycles. The van der Waals surface area contributed by atoms with E-state index in [-0.39, 0.29) is 11.8 Å². The van der Waals surface area contributed by atoms with Crippen molar-refractivity contribution in [2.24, 2.45) is 11.7 Å². The summed E-state index contributed by atoms with van der Waals surface area (Å²) in [5.41, 5.74) is 5.73. The van der Waals surface area contributed by atoms with Crippen LogP contribution >= 0.6 is 0 Å². The van der Waals surface area contributed by atoms with Crippen LogP contribution in [-0.4, -0.2) is 31.2 Å². The molecule has 1 aliphatic rings. The number of hydrogen-bond donors (Lipinski definition) is 2. The molecule has 0 aromatic rings. The predicted octanol–water partition coefficient (Wildman–Crippen LogP) is 1.44. The van der Waals surface area contributed by atoms with E-state index in [0.717, 1.165) is 0 Å². The Morgan fingerprint density at radius 1 is 1.35 bits per heavy atom. The molecule has 100 valence electrons. The van der Waals surface area contributed by atoms with Gasteiger partial charge in [0.1, 0.15) is 0 Å². The van der Waals surface area contributed by atoms with Crippen molar-refractivity contribution >= 4 is 5.91 Å². The number of ether oxygens (including phenoxy) is 1. The SMILES string of the molecule is CC(C)[C@H](N)C(=O)NCCOC1CCCCC1. The Bertz CT molecular complexity index is 225. The molecule has 0 unspecified atom stereocenters. The van der Waals surface area contributed by atoms with Gasteiger partial charge in [-0.15, -0.1) is 0 Å². The van der Waals surface area contributed by atoms with Gasteiger partial charge in [0.2, 0.25) is 5.91 Å². The van der Waals surface area contributed by atoms with E-state index in [4.69, 9.17) is 10.5 Å². The second-order valence-corrected chi connectivity index (χ2v) is 5.19. The Kier molecular flexibility index (Phi) is 6.52. The number of nitrogens with one attached hydrogen (secondary N) is 1. The highest BCUT2D eigenvalue weighted by Gasteiger charge is 2.17. The highest BCUT2D eigenvalue weighted by Crippen LogP contribution is 2.19. The van der Waals surface area contributed by atoms with Crippen LogP contribution in [-0.2, 0) is 9.53 Å². The Hall–Kier alpha value is -0.610. The van der Waals surface area contributed by atoms with Gasteiger partial charge in [-0.2, -0.15) is 0 Å². The van der Waals surface area contributed by atoms with E-state index in [0.29, 0.717) is 19.3 Å². The Morgan fingerprint density at radius 2 is 2.00 bits per heavy atom. The highest BCUT2D eigenvalue weighted by molar-refractivity contribution is 5.81. The van der Waals surface area contributed by atoms with Crippen molar-refractivity contribution in [3.8, 4) is 0 Å².